The van der Waals surface area contributed by atoms with E-state index in [-0.39, 0.29) is 0 Å². The second-order valence-corrected chi connectivity index (χ2v) is 7.00. The number of nitrogens with one attached hydrogen (secondary N) is 1. The summed E-state index contributed by atoms with van der Waals surface area (Å²) in [5.41, 5.74) is 0. The lowest BCUT2D eigenvalue weighted by atomic mass is 10.5. The standard InChI is InChI=1S/C7H17NO3S2/c1-7(2)13(10,11)8-5-4-6-12(3)9/h7-8H,4-6H2,1-3H3. The van der Waals surface area contributed by atoms with Crippen molar-refractivity contribution in [3.05, 3.63) is 0 Å². The van der Waals surface area contributed by atoms with Crippen LogP contribution < -0.4 is 4.72 Å². The highest BCUT2D eigenvalue weighted by Crippen LogP contribution is 1.95. The van der Waals surface area contributed by atoms with Crippen molar-refractivity contribution in [3.8, 4) is 0 Å². The molecular weight excluding hydrogens is 210 g/mol. The summed E-state index contributed by atoms with van der Waals surface area (Å²) in [5, 5.41) is -0.403. The Morgan fingerprint density at radius 1 is 1.38 bits per heavy atom. The molecule has 0 saturated carbocycles. The zero-order valence-electron chi connectivity index (χ0n) is 8.24. The molecule has 6 heteroatoms. The molecular formula is C7H17NO3S2. The van der Waals surface area contributed by atoms with E-state index in [2.05, 4.69) is 4.72 Å². The van der Waals surface area contributed by atoms with Crippen LogP contribution >= 0.6 is 0 Å². The van der Waals surface area contributed by atoms with Crippen molar-refractivity contribution in [1.82, 2.24) is 4.72 Å². The maximum absolute atomic E-state index is 11.2. The predicted molar refractivity (Wildman–Crippen MR) is 55.6 cm³/mol. The fourth-order valence-corrected chi connectivity index (χ4v) is 1.97. The smallest absolute Gasteiger partial charge is 0.213 e. The summed E-state index contributed by atoms with van der Waals surface area (Å²) in [4.78, 5) is 0. The van der Waals surface area contributed by atoms with Gasteiger partial charge in [-0.3, -0.25) is 4.21 Å². The van der Waals surface area contributed by atoms with Crippen LogP contribution in [-0.4, -0.2) is 36.4 Å². The summed E-state index contributed by atoms with van der Waals surface area (Å²) in [7, 11) is -3.98. The summed E-state index contributed by atoms with van der Waals surface area (Å²) in [5.74, 6) is 0.542. The zero-order valence-corrected chi connectivity index (χ0v) is 9.87. The molecule has 0 bridgehead atoms. The van der Waals surface area contributed by atoms with Crippen LogP contribution in [0.2, 0.25) is 0 Å². The average Bonchev–Trinajstić information content (AvgIpc) is 1.97. The molecule has 0 amide bonds. The van der Waals surface area contributed by atoms with E-state index in [9.17, 15) is 12.6 Å². The van der Waals surface area contributed by atoms with Crippen molar-refractivity contribution in [2.24, 2.45) is 0 Å². The van der Waals surface area contributed by atoms with Crippen molar-refractivity contribution in [1.29, 1.82) is 0 Å². The highest BCUT2D eigenvalue weighted by atomic mass is 32.2. The van der Waals surface area contributed by atoms with E-state index in [1.165, 1.54) is 0 Å². The first-order valence-electron chi connectivity index (χ1n) is 4.15. The van der Waals surface area contributed by atoms with Crippen LogP contribution in [0.25, 0.3) is 0 Å². The minimum atomic E-state index is -3.15. The minimum absolute atomic E-state index is 0.375. The molecule has 0 rings (SSSR count). The van der Waals surface area contributed by atoms with Gasteiger partial charge >= 0.3 is 0 Å². The molecule has 0 aliphatic rings. The Bertz CT molecular complexity index is 259. The van der Waals surface area contributed by atoms with E-state index in [4.69, 9.17) is 0 Å². The molecule has 0 heterocycles. The summed E-state index contributed by atoms with van der Waals surface area (Å²) in [6.07, 6.45) is 2.23. The Morgan fingerprint density at radius 3 is 2.31 bits per heavy atom. The van der Waals surface area contributed by atoms with E-state index in [0.717, 1.165) is 0 Å². The summed E-state index contributed by atoms with van der Waals surface area (Å²) in [6.45, 7) is 3.63. The Kier molecular flexibility index (Phi) is 5.75. The number of hydrogen-bond donors (Lipinski definition) is 1. The Hall–Kier alpha value is 0.0600. The van der Waals surface area contributed by atoms with Crippen molar-refractivity contribution < 1.29 is 12.6 Å². The first-order chi connectivity index (χ1) is 5.86. The molecule has 0 radical (unpaired) electrons. The van der Waals surface area contributed by atoms with Crippen molar-refractivity contribution in [3.63, 3.8) is 0 Å². The van der Waals surface area contributed by atoms with Gasteiger partial charge in [-0.2, -0.15) is 0 Å². The maximum Gasteiger partial charge on any atom is 0.213 e. The van der Waals surface area contributed by atoms with E-state index >= 15 is 0 Å². The lowest BCUT2D eigenvalue weighted by molar-refractivity contribution is 0.571. The zero-order chi connectivity index (χ0) is 10.5. The number of sulfonamides is 1. The van der Waals surface area contributed by atoms with Gasteiger partial charge in [0, 0.05) is 29.4 Å². The summed E-state index contributed by atoms with van der Waals surface area (Å²) >= 11 is 0. The van der Waals surface area contributed by atoms with E-state index in [0.29, 0.717) is 18.7 Å². The quantitative estimate of drug-likeness (QED) is 0.654. The largest absolute Gasteiger partial charge is 0.260 e. The van der Waals surface area contributed by atoms with Crippen molar-refractivity contribution in [2.45, 2.75) is 25.5 Å². The Morgan fingerprint density at radius 2 is 1.92 bits per heavy atom. The third kappa shape index (κ3) is 6.17. The number of hydrogen-bond acceptors (Lipinski definition) is 3. The van der Waals surface area contributed by atoms with Gasteiger partial charge in [-0.15, -0.1) is 0 Å². The van der Waals surface area contributed by atoms with Gasteiger partial charge in [0.15, 0.2) is 0 Å². The fraction of sp³-hybridized carbons (Fsp3) is 1.00. The van der Waals surface area contributed by atoms with E-state index in [1.54, 1.807) is 20.1 Å². The van der Waals surface area contributed by atoms with Gasteiger partial charge in [-0.25, -0.2) is 13.1 Å². The van der Waals surface area contributed by atoms with Gasteiger partial charge < -0.3 is 0 Å². The van der Waals surface area contributed by atoms with Crippen molar-refractivity contribution >= 4 is 20.8 Å². The monoisotopic (exact) mass is 227 g/mol. The summed E-state index contributed by atoms with van der Waals surface area (Å²) < 4.78 is 35.5. The molecule has 80 valence electrons. The summed E-state index contributed by atoms with van der Waals surface area (Å²) in [6, 6.07) is 0. The van der Waals surface area contributed by atoms with Gasteiger partial charge in [0.2, 0.25) is 10.0 Å². The first-order valence-corrected chi connectivity index (χ1v) is 7.42. The second-order valence-electron chi connectivity index (χ2n) is 3.12. The molecule has 0 spiro atoms. The highest BCUT2D eigenvalue weighted by Gasteiger charge is 2.13. The van der Waals surface area contributed by atoms with Crippen LogP contribution in [0, 0.1) is 0 Å². The molecule has 0 aliphatic heterocycles. The molecule has 0 aromatic rings. The molecule has 4 nitrogen and oxygen atoms in total. The van der Waals surface area contributed by atoms with E-state index in [1.807, 2.05) is 0 Å². The van der Waals surface area contributed by atoms with Gasteiger partial charge in [0.25, 0.3) is 0 Å². The predicted octanol–water partition coefficient (Wildman–Crippen LogP) is 0.0828. The van der Waals surface area contributed by atoms with Crippen LogP contribution in [0.15, 0.2) is 0 Å². The molecule has 13 heavy (non-hydrogen) atoms. The Labute approximate surface area is 82.6 Å². The maximum atomic E-state index is 11.2. The molecule has 0 aliphatic carbocycles. The van der Waals surface area contributed by atoms with Crippen LogP contribution in [-0.2, 0) is 20.8 Å². The topological polar surface area (TPSA) is 63.2 Å². The van der Waals surface area contributed by atoms with Crippen LogP contribution in [0.5, 0.6) is 0 Å². The highest BCUT2D eigenvalue weighted by molar-refractivity contribution is 7.90. The van der Waals surface area contributed by atoms with Gasteiger partial charge in [-0.1, -0.05) is 0 Å². The first kappa shape index (κ1) is 13.1. The molecule has 0 aromatic carbocycles. The van der Waals surface area contributed by atoms with Crippen LogP contribution in [0.1, 0.15) is 20.3 Å². The van der Waals surface area contributed by atoms with Crippen molar-refractivity contribution in [2.75, 3.05) is 18.6 Å². The third-order valence-corrected chi connectivity index (χ3v) is 4.24. The van der Waals surface area contributed by atoms with Crippen LogP contribution in [0.3, 0.4) is 0 Å². The molecule has 1 atom stereocenters. The minimum Gasteiger partial charge on any atom is -0.260 e. The lowest BCUT2D eigenvalue weighted by Gasteiger charge is -2.08. The van der Waals surface area contributed by atoms with Gasteiger partial charge in [0.1, 0.15) is 0 Å². The molecule has 0 fully saturated rings. The third-order valence-electron chi connectivity index (χ3n) is 1.53. The lowest BCUT2D eigenvalue weighted by Crippen LogP contribution is -2.31. The average molecular weight is 227 g/mol. The number of rotatable bonds is 6. The fourth-order valence-electron chi connectivity index (χ4n) is 0.657. The van der Waals surface area contributed by atoms with Gasteiger partial charge in [-0.05, 0) is 20.3 Å². The van der Waals surface area contributed by atoms with E-state index < -0.39 is 26.1 Å². The SMILES string of the molecule is CC(C)S(=O)(=O)NCCCS(C)=O. The van der Waals surface area contributed by atoms with Gasteiger partial charge in [0.05, 0.1) is 5.25 Å². The molecule has 1 N–H and O–H groups in total. The molecule has 0 saturated heterocycles. The molecule has 0 aromatic heterocycles. The van der Waals surface area contributed by atoms with Crippen LogP contribution in [0.4, 0.5) is 0 Å². The normalized spacial score (nSPS) is 14.8. The second kappa shape index (κ2) is 5.72. The molecule has 1 unspecified atom stereocenters. The Balaban J connectivity index is 3.72.